The van der Waals surface area contributed by atoms with Gasteiger partial charge in [0.05, 0.1) is 0 Å². The van der Waals surface area contributed by atoms with Crippen molar-refractivity contribution in [1.82, 2.24) is 19.9 Å². The average Bonchev–Trinajstić information content (AvgIpc) is 2.54. The lowest BCUT2D eigenvalue weighted by molar-refractivity contribution is -0.295. The standard InChI is InChI=1S/C15H15F2N5O.CHF3O/c1-9(15(23)22-6-3-7-22)21-14-11(17)13(19-8-20-14)12-10(16)4-2-5-18-12;2-1(3,4)5/h2,4-5,8-9H,3,6-7H2,1H3,(H,19,20,21);5H/t9-;/m1./s1. The zero-order chi connectivity index (χ0) is 20.9. The summed E-state index contributed by atoms with van der Waals surface area (Å²) in [6.07, 6.45) is -1.57. The number of rotatable bonds is 4. The fraction of sp³-hybridized carbons (Fsp3) is 0.375. The average molecular weight is 405 g/mol. The van der Waals surface area contributed by atoms with Gasteiger partial charge in [0.1, 0.15) is 23.8 Å². The first-order valence-electron chi connectivity index (χ1n) is 8.03. The number of anilines is 1. The summed E-state index contributed by atoms with van der Waals surface area (Å²) in [6.45, 7) is 3.05. The van der Waals surface area contributed by atoms with E-state index >= 15 is 0 Å². The molecule has 152 valence electrons. The topological polar surface area (TPSA) is 91.2 Å². The fourth-order valence-corrected chi connectivity index (χ4v) is 2.27. The van der Waals surface area contributed by atoms with Crippen LogP contribution in [0.4, 0.5) is 27.8 Å². The molecular formula is C16H16F5N5O2. The van der Waals surface area contributed by atoms with Crippen molar-refractivity contribution in [3.05, 3.63) is 36.3 Å². The summed E-state index contributed by atoms with van der Waals surface area (Å²) in [5.41, 5.74) is -0.443. The number of nitrogens with one attached hydrogen (secondary N) is 1. The monoisotopic (exact) mass is 405 g/mol. The number of hydrogen-bond donors (Lipinski definition) is 2. The molecule has 0 saturated carbocycles. The lowest BCUT2D eigenvalue weighted by Crippen LogP contribution is -2.48. The number of carbonyl (C=O) groups is 1. The molecule has 1 amide bonds. The number of nitrogens with zero attached hydrogens (tertiary/aromatic N) is 4. The molecule has 3 rings (SSSR count). The molecule has 0 aliphatic carbocycles. The van der Waals surface area contributed by atoms with Gasteiger partial charge in [0.15, 0.2) is 17.5 Å². The van der Waals surface area contributed by atoms with Gasteiger partial charge in [-0.05, 0) is 25.5 Å². The predicted molar refractivity (Wildman–Crippen MR) is 87.7 cm³/mol. The number of amides is 1. The number of aliphatic hydroxyl groups is 1. The number of halogens is 5. The van der Waals surface area contributed by atoms with E-state index in [0.717, 1.165) is 12.7 Å². The quantitative estimate of drug-likeness (QED) is 0.759. The van der Waals surface area contributed by atoms with E-state index in [1.54, 1.807) is 11.8 Å². The van der Waals surface area contributed by atoms with Gasteiger partial charge in [0.25, 0.3) is 0 Å². The molecule has 2 N–H and O–H groups in total. The Bertz CT molecular complexity index is 823. The summed E-state index contributed by atoms with van der Waals surface area (Å²) >= 11 is 0. The van der Waals surface area contributed by atoms with Crippen LogP contribution in [0.25, 0.3) is 11.4 Å². The summed E-state index contributed by atoms with van der Waals surface area (Å²) < 4.78 is 58.0. The first-order valence-corrected chi connectivity index (χ1v) is 8.03. The van der Waals surface area contributed by atoms with Gasteiger partial charge in [0.2, 0.25) is 5.91 Å². The largest absolute Gasteiger partial charge is 0.519 e. The van der Waals surface area contributed by atoms with Gasteiger partial charge in [-0.15, -0.1) is 13.2 Å². The number of carbonyl (C=O) groups excluding carboxylic acids is 1. The van der Waals surface area contributed by atoms with Crippen molar-refractivity contribution in [1.29, 1.82) is 0 Å². The van der Waals surface area contributed by atoms with E-state index in [1.165, 1.54) is 18.3 Å². The second kappa shape index (κ2) is 8.87. The van der Waals surface area contributed by atoms with E-state index in [2.05, 4.69) is 20.3 Å². The molecule has 1 aliphatic rings. The summed E-state index contributed by atoms with van der Waals surface area (Å²) in [5, 5.41) is 9.24. The van der Waals surface area contributed by atoms with Crippen molar-refractivity contribution in [3.8, 4) is 11.4 Å². The van der Waals surface area contributed by atoms with Gasteiger partial charge in [-0.1, -0.05) is 0 Å². The first kappa shape index (κ1) is 21.4. The molecular weight excluding hydrogens is 389 g/mol. The summed E-state index contributed by atoms with van der Waals surface area (Å²) in [4.78, 5) is 25.1. The highest BCUT2D eigenvalue weighted by molar-refractivity contribution is 5.84. The second-order valence-electron chi connectivity index (χ2n) is 5.73. The zero-order valence-corrected chi connectivity index (χ0v) is 14.5. The minimum atomic E-state index is -5.00. The Kier molecular flexibility index (Phi) is 6.78. The minimum absolute atomic E-state index is 0.125. The van der Waals surface area contributed by atoms with Gasteiger partial charge in [-0.2, -0.15) is 0 Å². The second-order valence-corrected chi connectivity index (χ2v) is 5.73. The van der Waals surface area contributed by atoms with Crippen LogP contribution in [0, 0.1) is 11.6 Å². The highest BCUT2D eigenvalue weighted by Crippen LogP contribution is 2.24. The molecule has 0 spiro atoms. The molecule has 7 nitrogen and oxygen atoms in total. The Labute approximate surface area is 156 Å². The van der Waals surface area contributed by atoms with Gasteiger partial charge in [-0.3, -0.25) is 9.78 Å². The van der Waals surface area contributed by atoms with Crippen LogP contribution >= 0.6 is 0 Å². The number of aromatic nitrogens is 3. The lowest BCUT2D eigenvalue weighted by atomic mass is 10.1. The van der Waals surface area contributed by atoms with Gasteiger partial charge in [0, 0.05) is 19.3 Å². The zero-order valence-electron chi connectivity index (χ0n) is 14.5. The highest BCUT2D eigenvalue weighted by Gasteiger charge is 2.26. The van der Waals surface area contributed by atoms with E-state index in [-0.39, 0.29) is 23.1 Å². The molecule has 28 heavy (non-hydrogen) atoms. The highest BCUT2D eigenvalue weighted by atomic mass is 19.4. The molecule has 1 aliphatic heterocycles. The molecule has 3 heterocycles. The van der Waals surface area contributed by atoms with Crippen LogP contribution in [0.15, 0.2) is 24.7 Å². The Morgan fingerprint density at radius 2 is 1.86 bits per heavy atom. The molecule has 0 aromatic carbocycles. The molecule has 0 unspecified atom stereocenters. The number of pyridine rings is 1. The molecule has 2 aromatic rings. The van der Waals surface area contributed by atoms with Crippen LogP contribution in [0.1, 0.15) is 13.3 Å². The maximum atomic E-state index is 14.5. The molecule has 1 saturated heterocycles. The Morgan fingerprint density at radius 3 is 2.39 bits per heavy atom. The van der Waals surface area contributed by atoms with Crippen molar-refractivity contribution in [3.63, 3.8) is 0 Å². The van der Waals surface area contributed by atoms with E-state index < -0.39 is 24.0 Å². The SMILES string of the molecule is C[C@@H](Nc1ncnc(-c2ncccc2F)c1F)C(=O)N1CCC1.OC(F)(F)F. The third-order valence-electron chi connectivity index (χ3n) is 3.66. The van der Waals surface area contributed by atoms with E-state index in [4.69, 9.17) is 5.11 Å². The Balaban J connectivity index is 0.000000500. The van der Waals surface area contributed by atoms with E-state index in [1.807, 2.05) is 0 Å². The van der Waals surface area contributed by atoms with Crippen LogP contribution in [0.3, 0.4) is 0 Å². The first-order chi connectivity index (χ1) is 13.1. The van der Waals surface area contributed by atoms with Gasteiger partial charge in [-0.25, -0.2) is 18.7 Å². The summed E-state index contributed by atoms with van der Waals surface area (Å²) in [5.74, 6) is -1.80. The number of hydrogen-bond acceptors (Lipinski definition) is 6. The summed E-state index contributed by atoms with van der Waals surface area (Å²) in [7, 11) is 0. The van der Waals surface area contributed by atoms with Gasteiger partial charge < -0.3 is 15.3 Å². The number of alkyl halides is 3. The van der Waals surface area contributed by atoms with E-state index in [9.17, 15) is 26.7 Å². The third kappa shape index (κ3) is 5.81. The molecule has 0 radical (unpaired) electrons. The van der Waals surface area contributed by atoms with Gasteiger partial charge >= 0.3 is 6.36 Å². The van der Waals surface area contributed by atoms with Crippen molar-refractivity contribution >= 4 is 11.7 Å². The van der Waals surface area contributed by atoms with Crippen LogP contribution in [0.5, 0.6) is 0 Å². The molecule has 2 aromatic heterocycles. The van der Waals surface area contributed by atoms with Crippen molar-refractivity contribution in [2.24, 2.45) is 0 Å². The normalized spacial score (nSPS) is 14.5. The molecule has 12 heteroatoms. The Hall–Kier alpha value is -2.89. The lowest BCUT2D eigenvalue weighted by Gasteiger charge is -2.33. The fourth-order valence-electron chi connectivity index (χ4n) is 2.27. The number of likely N-dealkylation sites (tertiary alicyclic amines) is 1. The summed E-state index contributed by atoms with van der Waals surface area (Å²) in [6, 6.07) is 1.94. The molecule has 1 fully saturated rings. The minimum Gasteiger partial charge on any atom is -0.356 e. The smallest absolute Gasteiger partial charge is 0.356 e. The maximum absolute atomic E-state index is 14.5. The van der Waals surface area contributed by atoms with Crippen LogP contribution in [-0.4, -0.2) is 56.4 Å². The molecule has 0 bridgehead atoms. The molecule has 1 atom stereocenters. The maximum Gasteiger partial charge on any atom is 0.519 e. The third-order valence-corrected chi connectivity index (χ3v) is 3.66. The van der Waals surface area contributed by atoms with Crippen LogP contribution in [-0.2, 0) is 4.79 Å². The van der Waals surface area contributed by atoms with Crippen LogP contribution < -0.4 is 5.32 Å². The van der Waals surface area contributed by atoms with Crippen molar-refractivity contribution in [2.75, 3.05) is 18.4 Å². The van der Waals surface area contributed by atoms with E-state index in [0.29, 0.717) is 13.1 Å². The Morgan fingerprint density at radius 1 is 1.21 bits per heavy atom. The predicted octanol–water partition coefficient (Wildman–Crippen LogP) is 2.35. The van der Waals surface area contributed by atoms with Crippen molar-refractivity contribution in [2.45, 2.75) is 25.7 Å². The van der Waals surface area contributed by atoms with Crippen molar-refractivity contribution < 1.29 is 31.9 Å². The van der Waals surface area contributed by atoms with Crippen LogP contribution in [0.2, 0.25) is 0 Å².